The maximum atomic E-state index is 11.3. The van der Waals surface area contributed by atoms with E-state index >= 15 is 0 Å². The molecule has 0 aromatic carbocycles. The molecule has 3 unspecified atom stereocenters. The average molecular weight is 208 g/mol. The average Bonchev–Trinajstić information content (AvgIpc) is 2.17. The van der Waals surface area contributed by atoms with Gasteiger partial charge in [0.1, 0.15) is 5.78 Å². The summed E-state index contributed by atoms with van der Waals surface area (Å²) in [6.07, 6.45) is 6.51. The highest BCUT2D eigenvalue weighted by Crippen LogP contribution is 2.36. The third-order valence-electron chi connectivity index (χ3n) is 3.24. The van der Waals surface area contributed by atoms with E-state index in [-0.39, 0.29) is 17.6 Å². The highest BCUT2D eigenvalue weighted by Gasteiger charge is 2.42. The van der Waals surface area contributed by atoms with Gasteiger partial charge < -0.3 is 5.11 Å². The van der Waals surface area contributed by atoms with Gasteiger partial charge in [-0.1, -0.05) is 38.7 Å². The molecule has 1 N–H and O–H groups in total. The molecule has 1 saturated carbocycles. The molecule has 0 spiro atoms. The van der Waals surface area contributed by atoms with Crippen LogP contribution in [-0.2, 0) is 4.79 Å². The van der Waals surface area contributed by atoms with Crippen molar-refractivity contribution in [1.29, 1.82) is 0 Å². The second kappa shape index (κ2) is 5.26. The highest BCUT2D eigenvalue weighted by molar-refractivity contribution is 5.87. The molecule has 2 heteroatoms. The molecule has 1 fully saturated rings. The van der Waals surface area contributed by atoms with Crippen LogP contribution in [0, 0.1) is 17.8 Å². The number of Topliss-reactive ketones (excluding diaryl/α,β-unsaturated/α-hetero) is 1. The van der Waals surface area contributed by atoms with E-state index in [1.54, 1.807) is 6.08 Å². The van der Waals surface area contributed by atoms with Gasteiger partial charge in [0.2, 0.25) is 0 Å². The number of allylic oxidation sites excluding steroid dienone is 3. The first kappa shape index (κ1) is 12.2. The highest BCUT2D eigenvalue weighted by atomic mass is 16.3. The van der Waals surface area contributed by atoms with Crippen LogP contribution in [0.2, 0.25) is 0 Å². The van der Waals surface area contributed by atoms with E-state index in [1.807, 2.05) is 26.0 Å². The van der Waals surface area contributed by atoms with Gasteiger partial charge in [-0.3, -0.25) is 4.79 Å². The minimum Gasteiger partial charge on any atom is -0.392 e. The molecule has 0 aromatic heterocycles. The number of ketones is 1. The molecule has 0 heterocycles. The van der Waals surface area contributed by atoms with Crippen LogP contribution in [0.1, 0.15) is 26.7 Å². The molecule has 1 rings (SSSR count). The lowest BCUT2D eigenvalue weighted by Gasteiger charge is -2.38. The zero-order valence-electron chi connectivity index (χ0n) is 9.52. The van der Waals surface area contributed by atoms with Crippen LogP contribution in [0.5, 0.6) is 0 Å². The SMILES string of the molecule is C=C/C=C\C[C@@H](C)C(O)C1C(=O)CC1C. The zero-order chi connectivity index (χ0) is 11.4. The third kappa shape index (κ3) is 2.78. The molecule has 84 valence electrons. The summed E-state index contributed by atoms with van der Waals surface area (Å²) in [5.74, 6) is 0.572. The first-order valence-electron chi connectivity index (χ1n) is 5.56. The molecular weight excluding hydrogens is 188 g/mol. The molecule has 4 atom stereocenters. The van der Waals surface area contributed by atoms with Crippen LogP contribution in [0.15, 0.2) is 24.8 Å². The molecule has 0 aromatic rings. The Labute approximate surface area is 91.7 Å². The molecule has 0 bridgehead atoms. The van der Waals surface area contributed by atoms with Crippen molar-refractivity contribution in [1.82, 2.24) is 0 Å². The Morgan fingerprint density at radius 3 is 2.80 bits per heavy atom. The van der Waals surface area contributed by atoms with E-state index in [0.717, 1.165) is 6.42 Å². The van der Waals surface area contributed by atoms with Gasteiger partial charge in [-0.15, -0.1) is 0 Å². The van der Waals surface area contributed by atoms with Crippen LogP contribution >= 0.6 is 0 Å². The summed E-state index contributed by atoms with van der Waals surface area (Å²) in [5, 5.41) is 10.00. The zero-order valence-corrected chi connectivity index (χ0v) is 9.52. The van der Waals surface area contributed by atoms with Gasteiger partial charge in [-0.2, -0.15) is 0 Å². The molecule has 0 amide bonds. The van der Waals surface area contributed by atoms with Crippen molar-refractivity contribution in [3.8, 4) is 0 Å². The number of carbonyl (C=O) groups excluding carboxylic acids is 1. The molecule has 2 nitrogen and oxygen atoms in total. The second-order valence-corrected chi connectivity index (χ2v) is 4.54. The van der Waals surface area contributed by atoms with E-state index < -0.39 is 6.10 Å². The van der Waals surface area contributed by atoms with Gasteiger partial charge in [0.25, 0.3) is 0 Å². The number of carbonyl (C=O) groups is 1. The Hall–Kier alpha value is -0.890. The summed E-state index contributed by atoms with van der Waals surface area (Å²) in [5.41, 5.74) is 0. The van der Waals surface area contributed by atoms with Gasteiger partial charge in [-0.05, 0) is 18.3 Å². The summed E-state index contributed by atoms with van der Waals surface area (Å²) < 4.78 is 0. The number of hydrogen-bond donors (Lipinski definition) is 1. The number of aliphatic hydroxyl groups is 1. The topological polar surface area (TPSA) is 37.3 Å². The Bertz CT molecular complexity index is 268. The smallest absolute Gasteiger partial charge is 0.139 e. The molecular formula is C13H20O2. The fraction of sp³-hybridized carbons (Fsp3) is 0.615. The maximum absolute atomic E-state index is 11.3. The van der Waals surface area contributed by atoms with Crippen LogP contribution in [-0.4, -0.2) is 17.0 Å². The summed E-state index contributed by atoms with van der Waals surface area (Å²) in [7, 11) is 0. The van der Waals surface area contributed by atoms with Gasteiger partial charge in [-0.25, -0.2) is 0 Å². The molecule has 1 aliphatic rings. The van der Waals surface area contributed by atoms with E-state index in [1.165, 1.54) is 0 Å². The molecule has 1 aliphatic carbocycles. The summed E-state index contributed by atoms with van der Waals surface area (Å²) >= 11 is 0. The molecule has 0 aliphatic heterocycles. The molecule has 0 radical (unpaired) electrons. The van der Waals surface area contributed by atoms with Crippen molar-refractivity contribution in [3.05, 3.63) is 24.8 Å². The first-order chi connectivity index (χ1) is 7.07. The second-order valence-electron chi connectivity index (χ2n) is 4.54. The van der Waals surface area contributed by atoms with Gasteiger partial charge in [0.15, 0.2) is 0 Å². The molecule has 15 heavy (non-hydrogen) atoms. The van der Waals surface area contributed by atoms with E-state index in [0.29, 0.717) is 12.3 Å². The van der Waals surface area contributed by atoms with E-state index in [9.17, 15) is 9.90 Å². The number of hydrogen-bond acceptors (Lipinski definition) is 2. The van der Waals surface area contributed by atoms with Crippen molar-refractivity contribution in [3.63, 3.8) is 0 Å². The summed E-state index contributed by atoms with van der Waals surface area (Å²) in [6, 6.07) is 0. The summed E-state index contributed by atoms with van der Waals surface area (Å²) in [4.78, 5) is 11.3. The Morgan fingerprint density at radius 2 is 2.33 bits per heavy atom. The molecule has 0 saturated heterocycles. The van der Waals surface area contributed by atoms with Crippen molar-refractivity contribution in [2.24, 2.45) is 17.8 Å². The number of aliphatic hydroxyl groups excluding tert-OH is 1. The predicted octanol–water partition coefficient (Wildman–Crippen LogP) is 2.34. The Kier molecular flexibility index (Phi) is 4.28. The Balaban J connectivity index is 2.44. The predicted molar refractivity (Wildman–Crippen MR) is 61.4 cm³/mol. The van der Waals surface area contributed by atoms with Crippen molar-refractivity contribution in [2.45, 2.75) is 32.8 Å². The first-order valence-corrected chi connectivity index (χ1v) is 5.56. The van der Waals surface area contributed by atoms with Gasteiger partial charge >= 0.3 is 0 Å². The summed E-state index contributed by atoms with van der Waals surface area (Å²) in [6.45, 7) is 7.60. The standard InChI is InChI=1S/C13H20O2/c1-4-5-6-7-9(2)13(15)12-10(3)8-11(12)14/h4-6,9-10,12-13,15H,1,7-8H2,2-3H3/b6-5-/t9-,10?,12?,13?/m1/s1. The van der Waals surface area contributed by atoms with Gasteiger partial charge in [0, 0.05) is 12.3 Å². The largest absolute Gasteiger partial charge is 0.392 e. The van der Waals surface area contributed by atoms with Crippen molar-refractivity contribution in [2.75, 3.05) is 0 Å². The van der Waals surface area contributed by atoms with Crippen LogP contribution in [0.3, 0.4) is 0 Å². The van der Waals surface area contributed by atoms with E-state index in [2.05, 4.69) is 6.58 Å². The minimum absolute atomic E-state index is 0.128. The maximum Gasteiger partial charge on any atom is 0.139 e. The number of rotatable bonds is 5. The minimum atomic E-state index is -0.490. The normalized spacial score (nSPS) is 29.9. The van der Waals surface area contributed by atoms with E-state index in [4.69, 9.17) is 0 Å². The van der Waals surface area contributed by atoms with Crippen LogP contribution < -0.4 is 0 Å². The van der Waals surface area contributed by atoms with Gasteiger partial charge in [0.05, 0.1) is 6.10 Å². The lowest BCUT2D eigenvalue weighted by Crippen LogP contribution is -2.46. The lowest BCUT2D eigenvalue weighted by atomic mass is 9.67. The van der Waals surface area contributed by atoms with Crippen molar-refractivity contribution >= 4 is 5.78 Å². The van der Waals surface area contributed by atoms with Crippen LogP contribution in [0.25, 0.3) is 0 Å². The lowest BCUT2D eigenvalue weighted by molar-refractivity contribution is -0.142. The Morgan fingerprint density at radius 1 is 1.67 bits per heavy atom. The fourth-order valence-corrected chi connectivity index (χ4v) is 2.15. The fourth-order valence-electron chi connectivity index (χ4n) is 2.15. The quantitative estimate of drug-likeness (QED) is 0.704. The van der Waals surface area contributed by atoms with Crippen molar-refractivity contribution < 1.29 is 9.90 Å². The van der Waals surface area contributed by atoms with Crippen LogP contribution in [0.4, 0.5) is 0 Å². The third-order valence-corrected chi connectivity index (χ3v) is 3.24. The monoisotopic (exact) mass is 208 g/mol.